The lowest BCUT2D eigenvalue weighted by Gasteiger charge is -2.21. The number of nitrogens with zero attached hydrogens (tertiary/aromatic N) is 1. The zero-order valence-electron chi connectivity index (χ0n) is 10.5. The van der Waals surface area contributed by atoms with Crippen LogP contribution >= 0.6 is 0 Å². The largest absolute Gasteiger partial charge is 0.397 e. The summed E-state index contributed by atoms with van der Waals surface area (Å²) in [5.74, 6) is -0.880. The van der Waals surface area contributed by atoms with Gasteiger partial charge in [-0.15, -0.1) is 0 Å². The summed E-state index contributed by atoms with van der Waals surface area (Å²) in [5.41, 5.74) is 5.62. The summed E-state index contributed by atoms with van der Waals surface area (Å²) in [6, 6.07) is 3.75. The summed E-state index contributed by atoms with van der Waals surface area (Å²) >= 11 is 0. The van der Waals surface area contributed by atoms with Gasteiger partial charge in [0.25, 0.3) is 0 Å². The maximum absolute atomic E-state index is 13.1. The van der Waals surface area contributed by atoms with Gasteiger partial charge in [-0.25, -0.2) is 9.29 Å². The van der Waals surface area contributed by atoms with Crippen LogP contribution in [0.4, 0.5) is 15.8 Å². The van der Waals surface area contributed by atoms with Crippen LogP contribution in [0.1, 0.15) is 32.1 Å². The van der Waals surface area contributed by atoms with Gasteiger partial charge in [-0.2, -0.15) is 0 Å². The number of halogens is 1. The van der Waals surface area contributed by atoms with Crippen molar-refractivity contribution in [3.8, 4) is 0 Å². The van der Waals surface area contributed by atoms with E-state index < -0.39 is 11.2 Å². The first kappa shape index (κ1) is 12.1. The fourth-order valence-corrected chi connectivity index (χ4v) is 3.21. The molecule has 1 saturated carbocycles. The normalized spacial score (nSPS) is 21.6. The van der Waals surface area contributed by atoms with Crippen LogP contribution in [-0.4, -0.2) is 11.8 Å². The molecule has 100 valence electrons. The Balaban J connectivity index is 2.01. The van der Waals surface area contributed by atoms with Crippen LogP contribution in [0.15, 0.2) is 18.2 Å². The summed E-state index contributed by atoms with van der Waals surface area (Å²) in [6.07, 6.45) is 3.73. The van der Waals surface area contributed by atoms with Crippen LogP contribution in [0.2, 0.25) is 0 Å². The van der Waals surface area contributed by atoms with Crippen LogP contribution in [0.25, 0.3) is 0 Å². The molecule has 0 bridgehead atoms. The highest BCUT2D eigenvalue weighted by Crippen LogP contribution is 2.48. The van der Waals surface area contributed by atoms with E-state index >= 15 is 0 Å². The second-order valence-electron chi connectivity index (χ2n) is 5.40. The molecule has 1 aromatic carbocycles. The van der Waals surface area contributed by atoms with E-state index in [2.05, 4.69) is 0 Å². The number of rotatable bonds is 1. The predicted molar refractivity (Wildman–Crippen MR) is 68.8 cm³/mol. The smallest absolute Gasteiger partial charge is 0.240 e. The summed E-state index contributed by atoms with van der Waals surface area (Å²) in [6.45, 7) is 0. The van der Waals surface area contributed by atoms with Gasteiger partial charge in [-0.1, -0.05) is 12.8 Å². The van der Waals surface area contributed by atoms with E-state index in [9.17, 15) is 14.0 Å². The minimum atomic E-state index is -0.530. The van der Waals surface area contributed by atoms with Gasteiger partial charge >= 0.3 is 0 Å². The number of carbonyl (C=O) groups is 2. The minimum Gasteiger partial charge on any atom is -0.397 e. The van der Waals surface area contributed by atoms with E-state index in [1.807, 2.05) is 0 Å². The molecule has 0 atom stereocenters. The molecule has 5 heteroatoms. The summed E-state index contributed by atoms with van der Waals surface area (Å²) in [7, 11) is 0. The molecule has 2 N–H and O–H groups in total. The zero-order chi connectivity index (χ0) is 13.6. The van der Waals surface area contributed by atoms with E-state index in [0.29, 0.717) is 5.69 Å². The fourth-order valence-electron chi connectivity index (χ4n) is 3.21. The topological polar surface area (TPSA) is 63.4 Å². The quantitative estimate of drug-likeness (QED) is 0.623. The molecule has 4 nitrogen and oxygen atoms in total. The molecular weight excluding hydrogens is 247 g/mol. The van der Waals surface area contributed by atoms with Crippen molar-refractivity contribution in [1.82, 2.24) is 0 Å². The van der Waals surface area contributed by atoms with E-state index in [0.717, 1.165) is 36.6 Å². The molecule has 1 saturated heterocycles. The third-order valence-corrected chi connectivity index (χ3v) is 4.19. The highest BCUT2D eigenvalue weighted by Gasteiger charge is 2.53. The zero-order valence-corrected chi connectivity index (χ0v) is 10.5. The van der Waals surface area contributed by atoms with Crippen molar-refractivity contribution in [1.29, 1.82) is 0 Å². The Morgan fingerprint density at radius 3 is 2.53 bits per heavy atom. The minimum absolute atomic E-state index is 0.122. The Morgan fingerprint density at radius 1 is 1.21 bits per heavy atom. The first-order valence-corrected chi connectivity index (χ1v) is 6.46. The second kappa shape index (κ2) is 4.05. The highest BCUT2D eigenvalue weighted by atomic mass is 19.1. The third kappa shape index (κ3) is 1.72. The SMILES string of the molecule is Nc1cc(F)ccc1N1C(=O)CC2(CCCC2)C1=O. The summed E-state index contributed by atoms with van der Waals surface area (Å²) in [4.78, 5) is 25.8. The van der Waals surface area contributed by atoms with Crippen LogP contribution in [0.5, 0.6) is 0 Å². The van der Waals surface area contributed by atoms with Crippen LogP contribution in [0.3, 0.4) is 0 Å². The number of imide groups is 1. The lowest BCUT2D eigenvalue weighted by molar-refractivity contribution is -0.125. The fraction of sp³-hybridized carbons (Fsp3) is 0.429. The first-order chi connectivity index (χ1) is 9.03. The number of nitrogens with two attached hydrogens (primary N) is 1. The van der Waals surface area contributed by atoms with Gasteiger partial charge in [0.2, 0.25) is 11.8 Å². The van der Waals surface area contributed by atoms with Crippen molar-refractivity contribution in [3.63, 3.8) is 0 Å². The average Bonchev–Trinajstić information content (AvgIpc) is 2.89. The van der Waals surface area contributed by atoms with Crippen LogP contribution in [0, 0.1) is 11.2 Å². The Hall–Kier alpha value is -1.91. The number of nitrogen functional groups attached to an aromatic ring is 1. The number of hydrogen-bond acceptors (Lipinski definition) is 3. The maximum Gasteiger partial charge on any atom is 0.240 e. The van der Waals surface area contributed by atoms with Crippen molar-refractivity contribution < 1.29 is 14.0 Å². The van der Waals surface area contributed by atoms with E-state index in [1.165, 1.54) is 12.1 Å². The number of anilines is 2. The molecule has 1 heterocycles. The van der Waals surface area contributed by atoms with E-state index in [-0.39, 0.29) is 23.9 Å². The van der Waals surface area contributed by atoms with Crippen molar-refractivity contribution in [3.05, 3.63) is 24.0 Å². The summed E-state index contributed by atoms with van der Waals surface area (Å²) in [5, 5.41) is 0. The molecule has 0 unspecified atom stereocenters. The molecule has 0 radical (unpaired) electrons. The number of hydrogen-bond donors (Lipinski definition) is 1. The van der Waals surface area contributed by atoms with E-state index in [1.54, 1.807) is 0 Å². The predicted octanol–water partition coefficient (Wildman–Crippen LogP) is 2.23. The molecule has 2 aliphatic rings. The molecule has 1 aliphatic carbocycles. The van der Waals surface area contributed by atoms with Gasteiger partial charge in [0, 0.05) is 6.42 Å². The second-order valence-corrected chi connectivity index (χ2v) is 5.40. The summed E-state index contributed by atoms with van der Waals surface area (Å²) < 4.78 is 13.1. The van der Waals surface area contributed by atoms with Gasteiger partial charge in [0.05, 0.1) is 16.8 Å². The Labute approximate surface area is 110 Å². The molecule has 1 aromatic rings. The number of benzene rings is 1. The van der Waals surface area contributed by atoms with Crippen LogP contribution < -0.4 is 10.6 Å². The molecular formula is C14H15FN2O2. The lowest BCUT2D eigenvalue weighted by atomic mass is 9.84. The van der Waals surface area contributed by atoms with Gasteiger partial charge in [0.1, 0.15) is 5.82 Å². The van der Waals surface area contributed by atoms with Gasteiger partial charge in [-0.05, 0) is 31.0 Å². The Morgan fingerprint density at radius 2 is 1.89 bits per heavy atom. The Kier molecular flexibility index (Phi) is 2.59. The van der Waals surface area contributed by atoms with E-state index in [4.69, 9.17) is 5.73 Å². The lowest BCUT2D eigenvalue weighted by Crippen LogP contribution is -2.34. The molecule has 2 amide bonds. The average molecular weight is 262 g/mol. The van der Waals surface area contributed by atoms with Crippen molar-refractivity contribution in [2.45, 2.75) is 32.1 Å². The molecule has 0 aromatic heterocycles. The molecule has 2 fully saturated rings. The molecule has 3 rings (SSSR count). The first-order valence-electron chi connectivity index (χ1n) is 6.46. The monoisotopic (exact) mass is 262 g/mol. The van der Waals surface area contributed by atoms with Crippen molar-refractivity contribution >= 4 is 23.2 Å². The molecule has 1 spiro atoms. The highest BCUT2D eigenvalue weighted by molar-refractivity contribution is 6.23. The van der Waals surface area contributed by atoms with Gasteiger partial charge in [0.15, 0.2) is 0 Å². The van der Waals surface area contributed by atoms with Crippen LogP contribution in [-0.2, 0) is 9.59 Å². The molecule has 1 aliphatic heterocycles. The van der Waals surface area contributed by atoms with Gasteiger partial charge in [-0.3, -0.25) is 9.59 Å². The standard InChI is InChI=1S/C14H15FN2O2/c15-9-3-4-11(10(16)7-9)17-12(18)8-14(13(17)19)5-1-2-6-14/h3-4,7H,1-2,5-6,8,16H2. The van der Waals surface area contributed by atoms with Crippen molar-refractivity contribution in [2.75, 3.05) is 10.6 Å². The molecule has 19 heavy (non-hydrogen) atoms. The third-order valence-electron chi connectivity index (χ3n) is 4.19. The number of amides is 2. The van der Waals surface area contributed by atoms with Gasteiger partial charge < -0.3 is 5.73 Å². The van der Waals surface area contributed by atoms with Crippen molar-refractivity contribution in [2.24, 2.45) is 5.41 Å². The number of carbonyl (C=O) groups excluding carboxylic acids is 2. The maximum atomic E-state index is 13.1. The Bertz CT molecular complexity index is 565.